The molecule has 0 spiro atoms. The maximum atomic E-state index is 10.7. The lowest BCUT2D eigenvalue weighted by molar-refractivity contribution is 0.222. The Kier molecular flexibility index (Phi) is 4.09. The predicted octanol–water partition coefficient (Wildman–Crippen LogP) is 5.18. The fourth-order valence-corrected chi connectivity index (χ4v) is 3.66. The molecule has 0 aliphatic rings. The van der Waals surface area contributed by atoms with Crippen molar-refractivity contribution in [3.05, 3.63) is 70.6 Å². The molecular weight excluding hydrogens is 276 g/mol. The van der Waals surface area contributed by atoms with Gasteiger partial charge in [-0.1, -0.05) is 56.3 Å². The molecule has 1 nitrogen and oxygen atoms in total. The summed E-state index contributed by atoms with van der Waals surface area (Å²) in [6, 6.07) is 16.6. The normalized spacial score (nSPS) is 13.0. The van der Waals surface area contributed by atoms with Gasteiger partial charge in [-0.05, 0) is 40.3 Å². The van der Waals surface area contributed by atoms with Crippen molar-refractivity contribution < 1.29 is 5.11 Å². The molecule has 0 fully saturated rings. The quantitative estimate of drug-likeness (QED) is 0.703. The zero-order valence-electron chi connectivity index (χ0n) is 12.4. The van der Waals surface area contributed by atoms with E-state index >= 15 is 0 Å². The summed E-state index contributed by atoms with van der Waals surface area (Å²) in [5.74, 6) is 0.653. The Morgan fingerprint density at radius 2 is 1.76 bits per heavy atom. The standard InChI is InChI=1S/C19H20OS/c1-13(2)12-14-6-8-15(9-7-14)18(20)17-5-3-4-16-10-11-21-19(16)17/h3-11,13,18,20H,12H2,1-2H3. The minimum Gasteiger partial charge on any atom is -0.384 e. The van der Waals surface area contributed by atoms with Crippen molar-refractivity contribution in [1.29, 1.82) is 0 Å². The summed E-state index contributed by atoms with van der Waals surface area (Å²) >= 11 is 1.69. The van der Waals surface area contributed by atoms with E-state index in [2.05, 4.69) is 55.6 Å². The minimum absolute atomic E-state index is 0.555. The first kappa shape index (κ1) is 14.3. The van der Waals surface area contributed by atoms with Gasteiger partial charge in [0.05, 0.1) is 0 Å². The van der Waals surface area contributed by atoms with Gasteiger partial charge in [0.2, 0.25) is 0 Å². The summed E-state index contributed by atoms with van der Waals surface area (Å²) in [6.45, 7) is 4.44. The Balaban J connectivity index is 1.91. The average molecular weight is 296 g/mol. The van der Waals surface area contributed by atoms with Crippen LogP contribution >= 0.6 is 11.3 Å². The van der Waals surface area contributed by atoms with Crippen molar-refractivity contribution in [3.8, 4) is 0 Å². The molecule has 1 unspecified atom stereocenters. The van der Waals surface area contributed by atoms with Crippen molar-refractivity contribution in [2.75, 3.05) is 0 Å². The first-order valence-corrected chi connectivity index (χ1v) is 8.26. The highest BCUT2D eigenvalue weighted by atomic mass is 32.1. The summed E-state index contributed by atoms with van der Waals surface area (Å²) < 4.78 is 1.18. The van der Waals surface area contributed by atoms with Crippen LogP contribution in [-0.4, -0.2) is 5.11 Å². The van der Waals surface area contributed by atoms with Crippen LogP contribution in [0.2, 0.25) is 0 Å². The third-order valence-corrected chi connectivity index (χ3v) is 4.72. The molecule has 3 rings (SSSR count). The van der Waals surface area contributed by atoms with E-state index in [1.54, 1.807) is 11.3 Å². The maximum absolute atomic E-state index is 10.7. The van der Waals surface area contributed by atoms with E-state index in [1.165, 1.54) is 15.6 Å². The van der Waals surface area contributed by atoms with Crippen LogP contribution in [0.3, 0.4) is 0 Å². The molecule has 1 aromatic heterocycles. The van der Waals surface area contributed by atoms with Gasteiger partial charge in [-0.3, -0.25) is 0 Å². The molecule has 1 heterocycles. The van der Waals surface area contributed by atoms with E-state index < -0.39 is 6.10 Å². The van der Waals surface area contributed by atoms with Crippen LogP contribution < -0.4 is 0 Å². The zero-order chi connectivity index (χ0) is 14.8. The number of thiophene rings is 1. The minimum atomic E-state index is -0.555. The van der Waals surface area contributed by atoms with E-state index in [-0.39, 0.29) is 0 Å². The molecule has 0 amide bonds. The van der Waals surface area contributed by atoms with Crippen molar-refractivity contribution in [1.82, 2.24) is 0 Å². The first-order chi connectivity index (χ1) is 10.1. The molecule has 0 bridgehead atoms. The Labute approximate surface area is 129 Å². The fraction of sp³-hybridized carbons (Fsp3) is 0.263. The molecule has 108 valence electrons. The van der Waals surface area contributed by atoms with Crippen LogP contribution in [0.5, 0.6) is 0 Å². The zero-order valence-corrected chi connectivity index (χ0v) is 13.2. The second-order valence-electron chi connectivity index (χ2n) is 5.93. The monoisotopic (exact) mass is 296 g/mol. The number of benzene rings is 2. The molecule has 2 heteroatoms. The predicted molar refractivity (Wildman–Crippen MR) is 90.9 cm³/mol. The first-order valence-electron chi connectivity index (χ1n) is 7.38. The number of fused-ring (bicyclic) bond motifs is 1. The van der Waals surface area contributed by atoms with Crippen molar-refractivity contribution in [2.24, 2.45) is 5.92 Å². The molecule has 0 aliphatic carbocycles. The third-order valence-electron chi connectivity index (χ3n) is 3.74. The number of hydrogen-bond acceptors (Lipinski definition) is 2. The molecule has 2 aromatic carbocycles. The van der Waals surface area contributed by atoms with Gasteiger partial charge in [0, 0.05) is 10.3 Å². The van der Waals surface area contributed by atoms with Crippen LogP contribution in [0, 0.1) is 5.92 Å². The van der Waals surface area contributed by atoms with E-state index in [1.807, 2.05) is 12.1 Å². The topological polar surface area (TPSA) is 20.2 Å². The number of rotatable bonds is 4. The smallest absolute Gasteiger partial charge is 0.105 e. The number of aliphatic hydroxyl groups excluding tert-OH is 1. The lowest BCUT2D eigenvalue weighted by atomic mass is 9.97. The Bertz CT molecular complexity index is 725. The SMILES string of the molecule is CC(C)Cc1ccc(C(O)c2cccc3ccsc23)cc1. The van der Waals surface area contributed by atoms with Crippen molar-refractivity contribution >= 4 is 21.4 Å². The van der Waals surface area contributed by atoms with Gasteiger partial charge in [-0.25, -0.2) is 0 Å². The van der Waals surface area contributed by atoms with Gasteiger partial charge < -0.3 is 5.11 Å². The van der Waals surface area contributed by atoms with Gasteiger partial charge in [-0.15, -0.1) is 11.3 Å². The molecule has 1 atom stereocenters. The highest BCUT2D eigenvalue weighted by molar-refractivity contribution is 7.17. The summed E-state index contributed by atoms with van der Waals surface area (Å²) in [6.07, 6.45) is 0.525. The van der Waals surface area contributed by atoms with Gasteiger partial charge in [0.25, 0.3) is 0 Å². The van der Waals surface area contributed by atoms with E-state index in [0.29, 0.717) is 5.92 Å². The summed E-state index contributed by atoms with van der Waals surface area (Å²) in [7, 11) is 0. The molecule has 3 aromatic rings. The molecular formula is C19H20OS. The molecule has 1 N–H and O–H groups in total. The fourth-order valence-electron chi connectivity index (χ4n) is 2.72. The van der Waals surface area contributed by atoms with Crippen LogP contribution in [-0.2, 0) is 6.42 Å². The second-order valence-corrected chi connectivity index (χ2v) is 6.84. The largest absolute Gasteiger partial charge is 0.384 e. The molecule has 0 saturated heterocycles. The van der Waals surface area contributed by atoms with Crippen LogP contribution in [0.1, 0.15) is 36.6 Å². The van der Waals surface area contributed by atoms with E-state index in [4.69, 9.17) is 0 Å². The average Bonchev–Trinajstić information content (AvgIpc) is 2.95. The third kappa shape index (κ3) is 3.02. The number of aliphatic hydroxyl groups is 1. The maximum Gasteiger partial charge on any atom is 0.105 e. The highest BCUT2D eigenvalue weighted by Crippen LogP contribution is 2.32. The van der Waals surface area contributed by atoms with Crippen LogP contribution in [0.25, 0.3) is 10.1 Å². The molecule has 0 aliphatic heterocycles. The van der Waals surface area contributed by atoms with Crippen LogP contribution in [0.4, 0.5) is 0 Å². The summed E-state index contributed by atoms with van der Waals surface area (Å²) in [5, 5.41) is 14.0. The summed E-state index contributed by atoms with van der Waals surface area (Å²) in [5.41, 5.74) is 3.29. The Morgan fingerprint density at radius 3 is 2.48 bits per heavy atom. The second kappa shape index (κ2) is 6.00. The highest BCUT2D eigenvalue weighted by Gasteiger charge is 2.14. The van der Waals surface area contributed by atoms with Crippen LogP contribution in [0.15, 0.2) is 53.9 Å². The van der Waals surface area contributed by atoms with E-state index in [9.17, 15) is 5.11 Å². The molecule has 21 heavy (non-hydrogen) atoms. The van der Waals surface area contributed by atoms with Gasteiger partial charge in [0.15, 0.2) is 0 Å². The Morgan fingerprint density at radius 1 is 1.00 bits per heavy atom. The molecule has 0 saturated carbocycles. The summed E-state index contributed by atoms with van der Waals surface area (Å²) in [4.78, 5) is 0. The van der Waals surface area contributed by atoms with Crippen molar-refractivity contribution in [2.45, 2.75) is 26.4 Å². The molecule has 0 radical (unpaired) electrons. The Hall–Kier alpha value is -1.64. The van der Waals surface area contributed by atoms with Gasteiger partial charge in [-0.2, -0.15) is 0 Å². The van der Waals surface area contributed by atoms with Gasteiger partial charge >= 0.3 is 0 Å². The van der Waals surface area contributed by atoms with E-state index in [0.717, 1.165) is 17.5 Å². The van der Waals surface area contributed by atoms with Crippen molar-refractivity contribution in [3.63, 3.8) is 0 Å². The van der Waals surface area contributed by atoms with Gasteiger partial charge in [0.1, 0.15) is 6.10 Å². The lowest BCUT2D eigenvalue weighted by Gasteiger charge is -2.13. The lowest BCUT2D eigenvalue weighted by Crippen LogP contribution is -2.01. The number of hydrogen-bond donors (Lipinski definition) is 1.